The molecule has 0 spiro atoms. The molecular formula is C23H23NO3. The Morgan fingerprint density at radius 2 is 1.93 bits per heavy atom. The zero-order chi connectivity index (χ0) is 18.8. The lowest BCUT2D eigenvalue weighted by Gasteiger charge is -2.11. The second-order valence-electron chi connectivity index (χ2n) is 7.13. The molecule has 1 aromatic heterocycles. The number of rotatable bonds is 5. The maximum Gasteiger partial charge on any atom is 0.196 e. The molecule has 0 saturated carbocycles. The number of ether oxygens (including phenoxy) is 1. The van der Waals surface area contributed by atoms with Gasteiger partial charge in [-0.1, -0.05) is 30.3 Å². The first kappa shape index (κ1) is 17.6. The van der Waals surface area contributed by atoms with E-state index in [1.54, 1.807) is 6.07 Å². The van der Waals surface area contributed by atoms with Crippen molar-refractivity contribution >= 4 is 22.6 Å². The molecule has 0 bridgehead atoms. The molecule has 4 nitrogen and oxygen atoms in total. The molecule has 0 radical (unpaired) electrons. The zero-order valence-corrected chi connectivity index (χ0v) is 15.7. The Kier molecular flexibility index (Phi) is 4.82. The Balaban J connectivity index is 1.69. The van der Waals surface area contributed by atoms with E-state index in [1.165, 1.54) is 0 Å². The Hall–Kier alpha value is -2.85. The largest absolute Gasteiger partial charge is 0.492 e. The predicted octanol–water partition coefficient (Wildman–Crippen LogP) is 4.22. The van der Waals surface area contributed by atoms with Crippen LogP contribution in [0, 0.1) is 0 Å². The fourth-order valence-electron chi connectivity index (χ4n) is 3.40. The van der Waals surface area contributed by atoms with Crippen LogP contribution in [0.4, 0.5) is 0 Å². The number of nitrogens with zero attached hydrogens (tertiary/aromatic N) is 1. The number of hydrogen-bond acceptors (Lipinski definition) is 4. The highest BCUT2D eigenvalue weighted by Gasteiger charge is 2.24. The third kappa shape index (κ3) is 3.67. The molecule has 4 heteroatoms. The van der Waals surface area contributed by atoms with Crippen LogP contribution < -0.4 is 10.2 Å². The highest BCUT2D eigenvalue weighted by molar-refractivity contribution is 5.87. The lowest BCUT2D eigenvalue weighted by atomic mass is 10.1. The number of hydrogen-bond donors (Lipinski definition) is 0. The lowest BCUT2D eigenvalue weighted by molar-refractivity contribution is 0.261. The molecule has 138 valence electrons. The van der Waals surface area contributed by atoms with Crippen molar-refractivity contribution in [1.29, 1.82) is 0 Å². The maximum absolute atomic E-state index is 13.0. The third-order valence-electron chi connectivity index (χ3n) is 4.84. The fourth-order valence-corrected chi connectivity index (χ4v) is 3.40. The normalized spacial score (nSPS) is 14.9. The summed E-state index contributed by atoms with van der Waals surface area (Å²) in [5, 5.41) is 0.595. The molecule has 27 heavy (non-hydrogen) atoms. The second-order valence-corrected chi connectivity index (χ2v) is 7.13. The predicted molar refractivity (Wildman–Crippen MR) is 109 cm³/mol. The average molecular weight is 361 g/mol. The van der Waals surface area contributed by atoms with Crippen LogP contribution >= 0.6 is 0 Å². The van der Waals surface area contributed by atoms with Crippen molar-refractivity contribution in [3.63, 3.8) is 0 Å². The van der Waals surface area contributed by atoms with Gasteiger partial charge in [0.15, 0.2) is 5.43 Å². The minimum Gasteiger partial charge on any atom is -0.492 e. The third-order valence-corrected chi connectivity index (χ3v) is 4.84. The Morgan fingerprint density at radius 3 is 2.70 bits per heavy atom. The van der Waals surface area contributed by atoms with Gasteiger partial charge in [-0.15, -0.1) is 0 Å². The van der Waals surface area contributed by atoms with Crippen LogP contribution in [0.3, 0.4) is 0 Å². The molecule has 1 aliphatic rings. The van der Waals surface area contributed by atoms with Crippen molar-refractivity contribution < 1.29 is 9.15 Å². The number of allylic oxidation sites excluding steroid dienone is 1. The van der Waals surface area contributed by atoms with Gasteiger partial charge in [0.25, 0.3) is 0 Å². The minimum atomic E-state index is 0.0563. The van der Waals surface area contributed by atoms with E-state index >= 15 is 0 Å². The molecule has 4 rings (SSSR count). The molecule has 0 amide bonds. The summed E-state index contributed by atoms with van der Waals surface area (Å²) in [5.74, 6) is 1.44. The van der Waals surface area contributed by atoms with Crippen molar-refractivity contribution in [2.24, 2.45) is 0 Å². The molecule has 1 aliphatic carbocycles. The molecule has 0 aliphatic heterocycles. The summed E-state index contributed by atoms with van der Waals surface area (Å²) in [7, 11) is 4.00. The highest BCUT2D eigenvalue weighted by Crippen LogP contribution is 2.34. The van der Waals surface area contributed by atoms with Crippen LogP contribution in [0.25, 0.3) is 22.6 Å². The summed E-state index contributed by atoms with van der Waals surface area (Å²) in [5.41, 5.74) is 3.64. The smallest absolute Gasteiger partial charge is 0.196 e. The number of benzene rings is 2. The molecule has 0 unspecified atom stereocenters. The van der Waals surface area contributed by atoms with E-state index < -0.39 is 0 Å². The monoisotopic (exact) mass is 361 g/mol. The molecule has 0 N–H and O–H groups in total. The topological polar surface area (TPSA) is 42.7 Å². The van der Waals surface area contributed by atoms with Crippen molar-refractivity contribution in [3.8, 4) is 5.75 Å². The van der Waals surface area contributed by atoms with E-state index in [1.807, 2.05) is 44.4 Å². The van der Waals surface area contributed by atoms with Gasteiger partial charge in [0, 0.05) is 12.1 Å². The molecule has 0 fully saturated rings. The van der Waals surface area contributed by atoms with Gasteiger partial charge in [-0.25, -0.2) is 0 Å². The first-order valence-corrected chi connectivity index (χ1v) is 9.25. The second kappa shape index (κ2) is 7.41. The van der Waals surface area contributed by atoms with E-state index in [9.17, 15) is 4.79 Å². The Labute approximate surface area is 158 Å². The zero-order valence-electron chi connectivity index (χ0n) is 15.7. The molecule has 2 aromatic carbocycles. The van der Waals surface area contributed by atoms with Crippen LogP contribution in [0.2, 0.25) is 0 Å². The van der Waals surface area contributed by atoms with E-state index in [4.69, 9.17) is 9.15 Å². The van der Waals surface area contributed by atoms with Crippen molar-refractivity contribution in [3.05, 3.63) is 75.6 Å². The van der Waals surface area contributed by atoms with E-state index in [0.29, 0.717) is 23.3 Å². The summed E-state index contributed by atoms with van der Waals surface area (Å²) in [6.45, 7) is 1.41. The molecular weight excluding hydrogens is 338 g/mol. The van der Waals surface area contributed by atoms with Gasteiger partial charge in [-0.3, -0.25) is 4.79 Å². The Morgan fingerprint density at radius 1 is 1.11 bits per heavy atom. The molecule has 1 heterocycles. The Bertz CT molecular complexity index is 1050. The van der Waals surface area contributed by atoms with Gasteiger partial charge < -0.3 is 14.1 Å². The average Bonchev–Trinajstić information content (AvgIpc) is 3.06. The fraction of sp³-hybridized carbons (Fsp3) is 0.261. The van der Waals surface area contributed by atoms with Crippen molar-refractivity contribution in [1.82, 2.24) is 4.90 Å². The first-order valence-electron chi connectivity index (χ1n) is 9.25. The van der Waals surface area contributed by atoms with E-state index in [0.717, 1.165) is 41.8 Å². The molecule has 0 atom stereocenters. The van der Waals surface area contributed by atoms with Gasteiger partial charge >= 0.3 is 0 Å². The van der Waals surface area contributed by atoms with Crippen LogP contribution in [0.15, 0.2) is 57.7 Å². The van der Waals surface area contributed by atoms with Gasteiger partial charge in [-0.05, 0) is 62.3 Å². The summed E-state index contributed by atoms with van der Waals surface area (Å²) in [6.07, 6.45) is 3.66. The minimum absolute atomic E-state index is 0.0563. The summed E-state index contributed by atoms with van der Waals surface area (Å²) in [4.78, 5) is 15.1. The van der Waals surface area contributed by atoms with Gasteiger partial charge in [0.05, 0.1) is 5.39 Å². The van der Waals surface area contributed by atoms with Crippen molar-refractivity contribution in [2.45, 2.75) is 12.8 Å². The van der Waals surface area contributed by atoms with Gasteiger partial charge in [0.1, 0.15) is 23.7 Å². The SMILES string of the molecule is CN(C)CCOc1ccc2oc3c(c(=O)c2c1)CCC3=Cc1ccccc1. The summed E-state index contributed by atoms with van der Waals surface area (Å²) < 4.78 is 11.9. The van der Waals surface area contributed by atoms with Gasteiger partial charge in [0.2, 0.25) is 0 Å². The molecule has 0 saturated heterocycles. The van der Waals surface area contributed by atoms with Crippen molar-refractivity contribution in [2.75, 3.05) is 27.2 Å². The van der Waals surface area contributed by atoms with E-state index in [-0.39, 0.29) is 5.43 Å². The number of fused-ring (bicyclic) bond motifs is 2. The number of likely N-dealkylation sites (N-methyl/N-ethyl adjacent to an activating group) is 1. The van der Waals surface area contributed by atoms with Gasteiger partial charge in [-0.2, -0.15) is 0 Å². The first-order chi connectivity index (χ1) is 13.1. The van der Waals surface area contributed by atoms with Crippen LogP contribution in [0.5, 0.6) is 5.75 Å². The quantitative estimate of drug-likeness (QED) is 0.682. The lowest BCUT2D eigenvalue weighted by Crippen LogP contribution is -2.19. The molecule has 3 aromatic rings. The highest BCUT2D eigenvalue weighted by atomic mass is 16.5. The van der Waals surface area contributed by atoms with Crippen LogP contribution in [0.1, 0.15) is 23.3 Å². The van der Waals surface area contributed by atoms with Crippen LogP contribution in [-0.4, -0.2) is 32.1 Å². The van der Waals surface area contributed by atoms with E-state index in [2.05, 4.69) is 23.1 Å². The standard InChI is InChI=1S/C23H23NO3/c1-24(2)12-13-26-18-9-11-21-20(15-18)22(25)19-10-8-17(23(19)27-21)14-16-6-4-3-5-7-16/h3-7,9,11,14-15H,8,10,12-13H2,1-2H3. The summed E-state index contributed by atoms with van der Waals surface area (Å²) >= 11 is 0. The summed E-state index contributed by atoms with van der Waals surface area (Å²) in [6, 6.07) is 15.6. The van der Waals surface area contributed by atoms with Crippen LogP contribution in [-0.2, 0) is 6.42 Å². The maximum atomic E-state index is 13.0.